The number of anilines is 2. The van der Waals surface area contributed by atoms with Gasteiger partial charge in [-0.1, -0.05) is 6.07 Å². The molecule has 2 N–H and O–H groups in total. The summed E-state index contributed by atoms with van der Waals surface area (Å²) in [7, 11) is 1.72. The molecule has 0 bridgehead atoms. The third-order valence-corrected chi connectivity index (χ3v) is 5.45. The van der Waals surface area contributed by atoms with Gasteiger partial charge in [0, 0.05) is 25.4 Å². The van der Waals surface area contributed by atoms with Gasteiger partial charge in [-0.3, -0.25) is 9.25 Å². The van der Waals surface area contributed by atoms with Crippen molar-refractivity contribution in [1.29, 1.82) is 5.26 Å². The number of nitrogens with one attached hydrogen (secondary N) is 1. The zero-order chi connectivity index (χ0) is 23.7. The van der Waals surface area contributed by atoms with Crippen molar-refractivity contribution in [1.82, 2.24) is 34.5 Å². The van der Waals surface area contributed by atoms with Crippen molar-refractivity contribution in [2.45, 2.75) is 13.3 Å². The summed E-state index contributed by atoms with van der Waals surface area (Å²) in [6, 6.07) is 17.2. The summed E-state index contributed by atoms with van der Waals surface area (Å²) in [6.45, 7) is 1.88. The standard InChI is InChI=1S/C24H21N9O/c1-15-3-7-22(30-29-15)27-17-5-6-21-19(11-17)26-14-33(21)23-8-4-16(9-10-34)24(28-23)20-12-18(13-25)32(2)31-20/h3-8,11-12,14,34H,9-10H2,1-2H3,(H,27,30). The van der Waals surface area contributed by atoms with E-state index in [1.54, 1.807) is 19.4 Å². The first-order chi connectivity index (χ1) is 16.6. The third-order valence-electron chi connectivity index (χ3n) is 5.45. The van der Waals surface area contributed by atoms with Crippen LogP contribution in [-0.4, -0.2) is 46.2 Å². The fraction of sp³-hybridized carbons (Fsp3) is 0.167. The molecule has 4 aromatic heterocycles. The summed E-state index contributed by atoms with van der Waals surface area (Å²) in [5.74, 6) is 1.32. The van der Waals surface area contributed by atoms with Crippen LogP contribution in [0.5, 0.6) is 0 Å². The van der Waals surface area contributed by atoms with Gasteiger partial charge in [0.2, 0.25) is 0 Å². The molecule has 4 heterocycles. The number of rotatable bonds is 6. The number of aliphatic hydroxyl groups is 1. The van der Waals surface area contributed by atoms with Gasteiger partial charge in [-0.15, -0.1) is 5.10 Å². The quantitative estimate of drug-likeness (QED) is 0.403. The molecule has 0 aliphatic carbocycles. The van der Waals surface area contributed by atoms with Crippen LogP contribution in [0.1, 0.15) is 17.0 Å². The number of aryl methyl sites for hydroxylation is 2. The molecule has 0 radical (unpaired) electrons. The summed E-state index contributed by atoms with van der Waals surface area (Å²) in [6.07, 6.45) is 2.15. The van der Waals surface area contributed by atoms with Crippen LogP contribution in [-0.2, 0) is 13.5 Å². The highest BCUT2D eigenvalue weighted by Crippen LogP contribution is 2.26. The maximum atomic E-state index is 9.50. The summed E-state index contributed by atoms with van der Waals surface area (Å²) in [4.78, 5) is 9.38. The Hall–Kier alpha value is -4.62. The molecular weight excluding hydrogens is 430 g/mol. The smallest absolute Gasteiger partial charge is 0.153 e. The largest absolute Gasteiger partial charge is 0.396 e. The van der Waals surface area contributed by atoms with E-state index in [1.807, 2.05) is 54.0 Å². The van der Waals surface area contributed by atoms with Gasteiger partial charge in [0.25, 0.3) is 0 Å². The van der Waals surface area contributed by atoms with Crippen LogP contribution in [0.3, 0.4) is 0 Å². The van der Waals surface area contributed by atoms with Gasteiger partial charge in [0.05, 0.1) is 22.4 Å². The Morgan fingerprint density at radius 1 is 1.09 bits per heavy atom. The Balaban J connectivity index is 1.52. The van der Waals surface area contributed by atoms with Crippen molar-refractivity contribution in [3.05, 3.63) is 71.8 Å². The molecule has 10 heteroatoms. The molecule has 10 nitrogen and oxygen atoms in total. The second kappa shape index (κ2) is 8.73. The van der Waals surface area contributed by atoms with E-state index in [2.05, 4.69) is 31.7 Å². The van der Waals surface area contributed by atoms with Crippen LogP contribution < -0.4 is 5.32 Å². The SMILES string of the molecule is Cc1ccc(Nc2ccc3c(c2)ncn3-c2ccc(CCO)c(-c3cc(C#N)n(C)n3)n2)nn1. The average Bonchev–Trinajstić information content (AvgIpc) is 3.44. The highest BCUT2D eigenvalue weighted by Gasteiger charge is 2.15. The summed E-state index contributed by atoms with van der Waals surface area (Å²) < 4.78 is 3.41. The maximum absolute atomic E-state index is 9.50. The van der Waals surface area contributed by atoms with Crippen molar-refractivity contribution in [3.8, 4) is 23.3 Å². The zero-order valence-electron chi connectivity index (χ0n) is 18.6. The van der Waals surface area contributed by atoms with Gasteiger partial charge < -0.3 is 10.4 Å². The number of nitriles is 1. The molecule has 168 valence electrons. The molecule has 5 aromatic rings. The average molecular weight is 451 g/mol. The van der Waals surface area contributed by atoms with Crippen molar-refractivity contribution in [2.75, 3.05) is 11.9 Å². The molecule has 0 fully saturated rings. The van der Waals surface area contributed by atoms with Gasteiger partial charge in [-0.05, 0) is 55.3 Å². The van der Waals surface area contributed by atoms with Gasteiger partial charge in [-0.25, -0.2) is 9.97 Å². The van der Waals surface area contributed by atoms with Crippen LogP contribution in [0.4, 0.5) is 11.5 Å². The number of benzene rings is 1. The first kappa shape index (κ1) is 21.2. The number of hydrogen-bond acceptors (Lipinski definition) is 8. The minimum atomic E-state index is -0.0128. The minimum absolute atomic E-state index is 0.0128. The number of aromatic nitrogens is 7. The van der Waals surface area contributed by atoms with Crippen LogP contribution in [0.2, 0.25) is 0 Å². The molecule has 0 amide bonds. The van der Waals surface area contributed by atoms with Crippen LogP contribution in [0.15, 0.2) is 54.9 Å². The first-order valence-corrected chi connectivity index (χ1v) is 10.7. The second-order valence-electron chi connectivity index (χ2n) is 7.80. The molecule has 1 aromatic carbocycles. The molecule has 0 aliphatic rings. The van der Waals surface area contributed by atoms with E-state index in [1.165, 1.54) is 4.68 Å². The number of aliphatic hydroxyl groups excluding tert-OH is 1. The molecular formula is C24H21N9O. The first-order valence-electron chi connectivity index (χ1n) is 10.7. The lowest BCUT2D eigenvalue weighted by Gasteiger charge is -2.10. The van der Waals surface area contributed by atoms with E-state index >= 15 is 0 Å². The molecule has 0 atom stereocenters. The molecule has 0 aliphatic heterocycles. The number of nitrogens with zero attached hydrogens (tertiary/aromatic N) is 8. The molecule has 0 saturated heterocycles. The zero-order valence-corrected chi connectivity index (χ0v) is 18.6. The highest BCUT2D eigenvalue weighted by atomic mass is 16.3. The number of pyridine rings is 1. The molecule has 0 unspecified atom stereocenters. The fourth-order valence-electron chi connectivity index (χ4n) is 3.73. The van der Waals surface area contributed by atoms with Crippen LogP contribution >= 0.6 is 0 Å². The molecule has 0 saturated carbocycles. The Labute approximate surface area is 195 Å². The Kier molecular flexibility index (Phi) is 5.45. The van der Waals surface area contributed by atoms with E-state index in [4.69, 9.17) is 4.98 Å². The summed E-state index contributed by atoms with van der Waals surface area (Å²) in [5.41, 5.74) is 5.87. The van der Waals surface area contributed by atoms with Crippen LogP contribution in [0.25, 0.3) is 28.2 Å². The second-order valence-corrected chi connectivity index (χ2v) is 7.80. The molecule has 34 heavy (non-hydrogen) atoms. The minimum Gasteiger partial charge on any atom is -0.396 e. The van der Waals surface area contributed by atoms with Crippen molar-refractivity contribution >= 4 is 22.5 Å². The van der Waals surface area contributed by atoms with Crippen molar-refractivity contribution < 1.29 is 5.11 Å². The van der Waals surface area contributed by atoms with E-state index in [0.717, 1.165) is 28.0 Å². The summed E-state index contributed by atoms with van der Waals surface area (Å²) >= 11 is 0. The predicted octanol–water partition coefficient (Wildman–Crippen LogP) is 3.07. The lowest BCUT2D eigenvalue weighted by molar-refractivity contribution is 0.299. The Bertz CT molecular complexity index is 1530. The lowest BCUT2D eigenvalue weighted by atomic mass is 10.1. The lowest BCUT2D eigenvalue weighted by Crippen LogP contribution is -2.03. The third kappa shape index (κ3) is 3.96. The topological polar surface area (TPSA) is 130 Å². The monoisotopic (exact) mass is 451 g/mol. The van der Waals surface area contributed by atoms with Gasteiger partial charge in [-0.2, -0.15) is 15.5 Å². The van der Waals surface area contributed by atoms with E-state index in [0.29, 0.717) is 35.1 Å². The summed E-state index contributed by atoms with van der Waals surface area (Å²) in [5, 5.41) is 34.7. The van der Waals surface area contributed by atoms with Crippen molar-refractivity contribution in [2.24, 2.45) is 7.05 Å². The van der Waals surface area contributed by atoms with Crippen molar-refractivity contribution in [3.63, 3.8) is 0 Å². The number of hydrogen-bond donors (Lipinski definition) is 2. The van der Waals surface area contributed by atoms with Crippen LogP contribution in [0, 0.1) is 18.3 Å². The molecule has 5 rings (SSSR count). The number of fused-ring (bicyclic) bond motifs is 1. The maximum Gasteiger partial charge on any atom is 0.153 e. The normalized spacial score (nSPS) is 11.0. The van der Waals surface area contributed by atoms with Gasteiger partial charge in [0.15, 0.2) is 5.82 Å². The Morgan fingerprint density at radius 3 is 2.71 bits per heavy atom. The predicted molar refractivity (Wildman–Crippen MR) is 127 cm³/mol. The molecule has 0 spiro atoms. The Morgan fingerprint density at radius 2 is 1.97 bits per heavy atom. The fourth-order valence-corrected chi connectivity index (χ4v) is 3.73. The van der Waals surface area contributed by atoms with E-state index in [-0.39, 0.29) is 6.61 Å². The number of imidazole rings is 1. The van der Waals surface area contributed by atoms with E-state index in [9.17, 15) is 10.4 Å². The van der Waals surface area contributed by atoms with E-state index < -0.39 is 0 Å². The van der Waals surface area contributed by atoms with Gasteiger partial charge in [0.1, 0.15) is 29.6 Å². The van der Waals surface area contributed by atoms with Gasteiger partial charge >= 0.3 is 0 Å². The highest BCUT2D eigenvalue weighted by molar-refractivity contribution is 5.82.